The molecule has 5 fully saturated rings. The first-order valence-electron chi connectivity index (χ1n) is 22.7. The third kappa shape index (κ3) is 8.45. The van der Waals surface area contributed by atoms with Gasteiger partial charge in [0.1, 0.15) is 30.1 Å². The van der Waals surface area contributed by atoms with Crippen molar-refractivity contribution in [2.24, 2.45) is 41.4 Å². The summed E-state index contributed by atoms with van der Waals surface area (Å²) >= 11 is 0. The lowest BCUT2D eigenvalue weighted by Gasteiger charge is -2.55. The van der Waals surface area contributed by atoms with Crippen molar-refractivity contribution >= 4 is 23.4 Å². The lowest BCUT2D eigenvalue weighted by molar-refractivity contribution is -0.211. The van der Waals surface area contributed by atoms with E-state index in [9.17, 15) is 29.4 Å². The Bertz CT molecular complexity index is 1940. The van der Waals surface area contributed by atoms with Gasteiger partial charge < -0.3 is 59.3 Å². The summed E-state index contributed by atoms with van der Waals surface area (Å²) in [4.78, 5) is 56.4. The summed E-state index contributed by atoms with van der Waals surface area (Å²) in [7, 11) is 1.49. The second kappa shape index (κ2) is 18.2. The second-order valence-electron chi connectivity index (χ2n) is 19.1. The Balaban J connectivity index is 1.17. The summed E-state index contributed by atoms with van der Waals surface area (Å²) < 4.78 is 44.2. The fraction of sp³-hybridized carbons (Fsp3) is 0.702. The number of allylic oxidation sites excluding steroid dienone is 3. The van der Waals surface area contributed by atoms with Gasteiger partial charge in [0, 0.05) is 62.5 Å². The van der Waals surface area contributed by atoms with Crippen molar-refractivity contribution in [2.45, 2.75) is 147 Å². The fourth-order valence-electron chi connectivity index (χ4n) is 11.5. The maximum absolute atomic E-state index is 15.0. The number of carbonyl (C=O) groups excluding carboxylic acids is 4. The van der Waals surface area contributed by atoms with E-state index in [4.69, 9.17) is 33.2 Å². The SMILES string of the molecule is CO[C@H]1/C=C/O[C@@]2(C)OC3C(C)C(O)C4C(=O)C(NC(=O)/C(C)=C\C=C\[C@H](C)[C@@H]5O[C@H]([C@H](O)[C@@H]5C)[C@H](OC(C)=O)[C@@H]1C)C1OC5=C(C=CC(OC6CCNCC6)C5)NC1C4C3C2=O. The minimum Gasteiger partial charge on any atom is -0.488 e. The van der Waals surface area contributed by atoms with Gasteiger partial charge in [-0.2, -0.15) is 0 Å². The van der Waals surface area contributed by atoms with Gasteiger partial charge in [-0.15, -0.1) is 0 Å². The van der Waals surface area contributed by atoms with Gasteiger partial charge in [-0.1, -0.05) is 52.0 Å². The van der Waals surface area contributed by atoms with Crippen LogP contribution in [0.3, 0.4) is 0 Å². The molecule has 9 rings (SSSR count). The molecule has 346 valence electrons. The minimum absolute atomic E-state index is 0.0944. The van der Waals surface area contributed by atoms with E-state index in [0.29, 0.717) is 23.5 Å². The zero-order valence-electron chi connectivity index (χ0n) is 37.4. The molecule has 3 saturated heterocycles. The molecule has 7 bridgehead atoms. The number of Topliss-reactive ketones (excluding diaryl/α,β-unsaturated/α-hetero) is 2. The van der Waals surface area contributed by atoms with E-state index in [1.54, 1.807) is 32.1 Å². The zero-order chi connectivity index (χ0) is 45.1. The Hall–Kier alpha value is -3.90. The second-order valence-corrected chi connectivity index (χ2v) is 19.1. The number of methoxy groups -OCH3 is 1. The van der Waals surface area contributed by atoms with Crippen LogP contribution in [-0.4, -0.2) is 133 Å². The largest absolute Gasteiger partial charge is 0.488 e. The van der Waals surface area contributed by atoms with Crippen molar-refractivity contribution in [3.05, 3.63) is 59.7 Å². The molecule has 0 aromatic heterocycles. The van der Waals surface area contributed by atoms with Crippen LogP contribution in [0.15, 0.2) is 59.7 Å². The molecular weight excluding hydrogens is 815 g/mol. The van der Waals surface area contributed by atoms with Gasteiger partial charge >= 0.3 is 5.97 Å². The average molecular weight is 880 g/mol. The third-order valence-electron chi connectivity index (χ3n) is 15.0. The highest BCUT2D eigenvalue weighted by atomic mass is 16.7. The first kappa shape index (κ1) is 45.7. The molecule has 5 N–H and O–H groups in total. The van der Waals surface area contributed by atoms with Gasteiger partial charge in [0.25, 0.3) is 5.79 Å². The van der Waals surface area contributed by atoms with Gasteiger partial charge in [0.15, 0.2) is 5.78 Å². The molecule has 3 aliphatic carbocycles. The number of carbonyl (C=O) groups is 4. The van der Waals surface area contributed by atoms with E-state index in [1.165, 1.54) is 27.2 Å². The summed E-state index contributed by atoms with van der Waals surface area (Å²) in [5, 5.41) is 33.6. The number of aliphatic hydroxyl groups is 2. The first-order valence-corrected chi connectivity index (χ1v) is 22.7. The normalized spacial score (nSPS) is 47.3. The summed E-state index contributed by atoms with van der Waals surface area (Å²) in [6.07, 6.45) is 7.09. The van der Waals surface area contributed by atoms with Crippen LogP contribution >= 0.6 is 0 Å². The van der Waals surface area contributed by atoms with Crippen molar-refractivity contribution in [2.75, 3.05) is 20.2 Å². The monoisotopic (exact) mass is 879 g/mol. The maximum Gasteiger partial charge on any atom is 0.303 e. The van der Waals surface area contributed by atoms with Crippen LogP contribution in [0.4, 0.5) is 0 Å². The van der Waals surface area contributed by atoms with Crippen LogP contribution in [0.1, 0.15) is 67.7 Å². The number of ether oxygens (including phenoxy) is 7. The van der Waals surface area contributed by atoms with Crippen molar-refractivity contribution in [3.63, 3.8) is 0 Å². The van der Waals surface area contributed by atoms with Crippen LogP contribution < -0.4 is 16.0 Å². The molecule has 16 heteroatoms. The van der Waals surface area contributed by atoms with Gasteiger partial charge in [-0.05, 0) is 45.0 Å². The fourth-order valence-corrected chi connectivity index (χ4v) is 11.5. The van der Waals surface area contributed by atoms with Gasteiger partial charge in [0.05, 0.1) is 72.6 Å². The number of nitrogens with one attached hydrogen (secondary N) is 3. The van der Waals surface area contributed by atoms with Crippen LogP contribution in [0.25, 0.3) is 0 Å². The van der Waals surface area contributed by atoms with E-state index in [-0.39, 0.29) is 24.0 Å². The highest BCUT2D eigenvalue weighted by molar-refractivity contribution is 6.00. The lowest BCUT2D eigenvalue weighted by Crippen LogP contribution is -2.73. The number of aliphatic hydroxyl groups excluding tert-OH is 2. The molecule has 19 atom stereocenters. The maximum atomic E-state index is 15.0. The van der Waals surface area contributed by atoms with Gasteiger partial charge in [-0.3, -0.25) is 19.2 Å². The molecule has 9 aliphatic rings. The zero-order valence-corrected chi connectivity index (χ0v) is 37.4. The molecule has 0 aromatic carbocycles. The smallest absolute Gasteiger partial charge is 0.303 e. The van der Waals surface area contributed by atoms with Crippen molar-refractivity contribution < 1.29 is 62.5 Å². The van der Waals surface area contributed by atoms with Crippen molar-refractivity contribution in [3.8, 4) is 0 Å². The molecule has 6 aliphatic heterocycles. The topological polar surface area (TPSA) is 209 Å². The number of fused-ring (bicyclic) bond motifs is 8. The summed E-state index contributed by atoms with van der Waals surface area (Å²) in [6.45, 7) is 13.6. The van der Waals surface area contributed by atoms with Gasteiger partial charge in [-0.25, -0.2) is 0 Å². The molecule has 1 amide bonds. The van der Waals surface area contributed by atoms with E-state index in [1.807, 2.05) is 39.0 Å². The lowest BCUT2D eigenvalue weighted by atomic mass is 9.55. The molecular formula is C47H65N3O13. The predicted molar refractivity (Wildman–Crippen MR) is 226 cm³/mol. The molecule has 63 heavy (non-hydrogen) atoms. The quantitative estimate of drug-likeness (QED) is 0.257. The molecule has 10 unspecified atom stereocenters. The number of amides is 1. The van der Waals surface area contributed by atoms with Crippen LogP contribution in [0.5, 0.6) is 0 Å². The Morgan fingerprint density at radius 2 is 1.63 bits per heavy atom. The van der Waals surface area contributed by atoms with E-state index < -0.39 is 120 Å². The molecule has 2 saturated carbocycles. The number of hydrogen-bond acceptors (Lipinski definition) is 15. The van der Waals surface area contributed by atoms with E-state index in [0.717, 1.165) is 25.9 Å². The summed E-state index contributed by atoms with van der Waals surface area (Å²) in [5.41, 5.74) is 1.00. The number of hydrogen-bond donors (Lipinski definition) is 5. The first-order chi connectivity index (χ1) is 30.0. The minimum atomic E-state index is -1.83. The van der Waals surface area contributed by atoms with Crippen LogP contribution in [0.2, 0.25) is 0 Å². The van der Waals surface area contributed by atoms with Crippen LogP contribution in [-0.2, 0) is 52.3 Å². The predicted octanol–water partition coefficient (Wildman–Crippen LogP) is 2.29. The van der Waals surface area contributed by atoms with Gasteiger partial charge in [0.2, 0.25) is 11.7 Å². The molecule has 16 nitrogen and oxygen atoms in total. The third-order valence-corrected chi connectivity index (χ3v) is 15.0. The van der Waals surface area contributed by atoms with Crippen LogP contribution in [0, 0.1) is 41.4 Å². The average Bonchev–Trinajstić information content (AvgIpc) is 3.70. The Morgan fingerprint density at radius 3 is 2.35 bits per heavy atom. The molecule has 0 aromatic rings. The molecule has 0 spiro atoms. The van der Waals surface area contributed by atoms with Crippen molar-refractivity contribution in [1.29, 1.82) is 0 Å². The number of piperidine rings is 1. The standard InChI is InChI=1S/C47H65N3O13/c1-21-10-9-11-22(2)46(56)50-36-39(54)33-32(35-43(36)61-31-20-28(12-13-29(31)49-35)60-27-14-17-48-18-15-27)34-41(24(4)37(33)52)63-47(7,45(34)55)58-19-16-30(57-8)23(3)42(59-26(6)51)44-38(53)25(5)40(21)62-44/h9-13,16,19,21,23-25,27-28,30,32-38,40-44,48-49,52-53H,14-15,17-18,20H2,1-8H3,(H,50,56)/b10-9+,19-16+,22-11-/t21-,23+,24?,25-,28?,30-,32?,33?,34?,35?,36?,37?,38+,40-,41?,42+,43?,44+,47-/m0/s1. The molecule has 6 heterocycles. The Morgan fingerprint density at radius 1 is 0.905 bits per heavy atom. The number of esters is 1. The summed E-state index contributed by atoms with van der Waals surface area (Å²) in [6, 6.07) is -1.89. The van der Waals surface area contributed by atoms with E-state index in [2.05, 4.69) is 16.0 Å². The van der Waals surface area contributed by atoms with Crippen molar-refractivity contribution in [1.82, 2.24) is 16.0 Å². The molecule has 0 radical (unpaired) electrons. The highest BCUT2D eigenvalue weighted by Gasteiger charge is 2.69. The Labute approximate surface area is 369 Å². The number of ketones is 2. The van der Waals surface area contributed by atoms with E-state index >= 15 is 0 Å². The Kier molecular flexibility index (Phi) is 13.2. The highest BCUT2D eigenvalue weighted by Crippen LogP contribution is 2.54. The summed E-state index contributed by atoms with van der Waals surface area (Å²) in [5.74, 6) is -7.73. The number of rotatable bonds is 4.